The van der Waals surface area contributed by atoms with Gasteiger partial charge in [0.15, 0.2) is 11.5 Å². The number of rotatable bonds is 8. The fourth-order valence-electron chi connectivity index (χ4n) is 5.58. The molecule has 0 fully saturated rings. The molecule has 57 heavy (non-hydrogen) atoms. The van der Waals surface area contributed by atoms with Crippen LogP contribution >= 0.6 is 0 Å². The lowest BCUT2D eigenvalue weighted by Gasteiger charge is -2.11. The van der Waals surface area contributed by atoms with Gasteiger partial charge in [-0.15, -0.1) is 0 Å². The van der Waals surface area contributed by atoms with E-state index in [1.54, 1.807) is 49.4 Å². The third-order valence-electron chi connectivity index (χ3n) is 7.88. The van der Waals surface area contributed by atoms with Crippen molar-refractivity contribution >= 4 is 51.8 Å². The van der Waals surface area contributed by atoms with Crippen molar-refractivity contribution in [2.24, 2.45) is 0 Å². The largest absolute Gasteiger partial charge is 0.493 e. The molecule has 4 aromatic carbocycles. The summed E-state index contributed by atoms with van der Waals surface area (Å²) in [6.07, 6.45) is 2.59. The van der Waals surface area contributed by atoms with Crippen molar-refractivity contribution in [3.8, 4) is 56.8 Å². The zero-order valence-corrected chi connectivity index (χ0v) is 31.6. The van der Waals surface area contributed by atoms with Crippen LogP contribution in [0.4, 0.5) is 0 Å². The Labute approximate surface area is 323 Å². The van der Waals surface area contributed by atoms with E-state index in [-0.39, 0.29) is 39.2 Å². The molecule has 0 atom stereocenters. The highest BCUT2D eigenvalue weighted by Gasteiger charge is 2.19. The van der Waals surface area contributed by atoms with Crippen molar-refractivity contribution in [3.05, 3.63) is 105 Å². The highest BCUT2D eigenvalue weighted by Crippen LogP contribution is 2.34. The summed E-state index contributed by atoms with van der Waals surface area (Å²) < 4.78 is 41.8. The van der Waals surface area contributed by atoms with E-state index >= 15 is 0 Å². The van der Waals surface area contributed by atoms with Crippen LogP contribution in [-0.2, 0) is 24.0 Å². The Kier molecular flexibility index (Phi) is 12.3. The third kappa shape index (κ3) is 9.58. The van der Waals surface area contributed by atoms with Crippen molar-refractivity contribution < 1.29 is 61.2 Å². The molecule has 292 valence electrons. The van der Waals surface area contributed by atoms with Crippen molar-refractivity contribution in [1.29, 1.82) is 0 Å². The quantitative estimate of drug-likeness (QED) is 0.114. The molecule has 6 aromatic rings. The summed E-state index contributed by atoms with van der Waals surface area (Å²) in [5, 5.41) is 0.381. The number of esters is 5. The van der Waals surface area contributed by atoms with Crippen LogP contribution in [0, 0.1) is 6.92 Å². The summed E-state index contributed by atoms with van der Waals surface area (Å²) in [6.45, 7) is 7.98. The molecule has 0 radical (unpaired) electrons. The first kappa shape index (κ1) is 40.6. The zero-order valence-electron chi connectivity index (χ0n) is 31.6. The average Bonchev–Trinajstić information content (AvgIpc) is 3.13. The molecule has 0 amide bonds. The molecule has 0 aliphatic heterocycles. The molecule has 2 heterocycles. The van der Waals surface area contributed by atoms with Gasteiger partial charge in [0.05, 0.1) is 23.6 Å². The number of carbonyl (C=O) groups is 5. The number of benzene rings is 4. The molecule has 0 bridgehead atoms. The van der Waals surface area contributed by atoms with Crippen LogP contribution in [0.3, 0.4) is 0 Å². The van der Waals surface area contributed by atoms with E-state index in [0.717, 1.165) is 0 Å². The minimum atomic E-state index is -0.651. The number of hydrogen-bond donors (Lipinski definition) is 0. The number of aryl methyl sites for hydroxylation is 1. The Hall–Kier alpha value is -7.55. The van der Waals surface area contributed by atoms with Crippen LogP contribution in [-0.4, -0.2) is 37.0 Å². The lowest BCUT2D eigenvalue weighted by atomic mass is 10.0. The monoisotopic (exact) mass is 778 g/mol. The second-order valence-electron chi connectivity index (χ2n) is 12.2. The number of ether oxygens (including phenoxy) is 6. The molecule has 2 aromatic heterocycles. The van der Waals surface area contributed by atoms with Crippen molar-refractivity contribution in [2.75, 3.05) is 7.11 Å². The smallest absolute Gasteiger partial charge is 0.308 e. The van der Waals surface area contributed by atoms with E-state index in [1.165, 1.54) is 78.5 Å². The highest BCUT2D eigenvalue weighted by atomic mass is 16.6. The highest BCUT2D eigenvalue weighted by molar-refractivity contribution is 5.91. The van der Waals surface area contributed by atoms with E-state index in [2.05, 4.69) is 0 Å². The third-order valence-corrected chi connectivity index (χ3v) is 7.88. The second kappa shape index (κ2) is 17.3. The van der Waals surface area contributed by atoms with Gasteiger partial charge < -0.3 is 37.3 Å². The zero-order chi connectivity index (χ0) is 41.6. The van der Waals surface area contributed by atoms with Crippen LogP contribution in [0.1, 0.15) is 40.2 Å². The van der Waals surface area contributed by atoms with Crippen molar-refractivity contribution in [2.45, 2.75) is 41.5 Å². The molecule has 0 saturated carbocycles. The number of hydrogen-bond acceptors (Lipinski definition) is 15. The summed E-state index contributed by atoms with van der Waals surface area (Å²) in [5.41, 5.74) is 1.87. The first-order valence-corrected chi connectivity index (χ1v) is 16.9. The van der Waals surface area contributed by atoms with E-state index < -0.39 is 35.3 Å². The van der Waals surface area contributed by atoms with E-state index in [9.17, 15) is 33.6 Å². The van der Waals surface area contributed by atoms with Gasteiger partial charge in [-0.1, -0.05) is 18.2 Å². The molecule has 15 heteroatoms. The number of carbonyl (C=O) groups excluding carboxylic acids is 5. The van der Waals surface area contributed by atoms with E-state index in [1.807, 2.05) is 0 Å². The van der Waals surface area contributed by atoms with Crippen LogP contribution in [0.15, 0.2) is 97.7 Å². The standard InChI is InChI=1S/C21H16O8.C21H18O7/c1-11(22)27-15-6-4-14(5-7-15)17-10-26-18-8-16(28-12(2)23)9-19(29-13(3)24)20(18)21(17)25;1-11-17(27-12(2)22)8-6-15-20(24)16(10-26-21(11)15)14-5-7-18(28-13(3)23)19(9-14)25-4/h4-10H,1-3H3;5-10H,1-4H3. The Morgan fingerprint density at radius 3 is 1.65 bits per heavy atom. The topological polar surface area (TPSA) is 201 Å². The first-order chi connectivity index (χ1) is 27.1. The van der Waals surface area contributed by atoms with Gasteiger partial charge in [0.1, 0.15) is 52.1 Å². The minimum Gasteiger partial charge on any atom is -0.493 e. The van der Waals surface area contributed by atoms with Gasteiger partial charge in [0.25, 0.3) is 0 Å². The van der Waals surface area contributed by atoms with Gasteiger partial charge in [-0.2, -0.15) is 0 Å². The number of methoxy groups -OCH3 is 1. The van der Waals surface area contributed by atoms with Gasteiger partial charge >= 0.3 is 29.8 Å². The predicted molar refractivity (Wildman–Crippen MR) is 204 cm³/mol. The van der Waals surface area contributed by atoms with Crippen molar-refractivity contribution in [3.63, 3.8) is 0 Å². The molecular weight excluding hydrogens is 744 g/mol. The van der Waals surface area contributed by atoms with E-state index in [4.69, 9.17) is 37.3 Å². The number of fused-ring (bicyclic) bond motifs is 2. The maximum Gasteiger partial charge on any atom is 0.308 e. The Balaban J connectivity index is 0.000000218. The summed E-state index contributed by atoms with van der Waals surface area (Å²) in [7, 11) is 1.44. The lowest BCUT2D eigenvalue weighted by Crippen LogP contribution is -2.10. The predicted octanol–water partition coefficient (Wildman–Crippen LogP) is 6.86. The van der Waals surface area contributed by atoms with Crippen LogP contribution < -0.4 is 39.3 Å². The van der Waals surface area contributed by atoms with Crippen LogP contribution in [0.2, 0.25) is 0 Å². The molecule has 0 aliphatic rings. The molecule has 0 unspecified atom stereocenters. The van der Waals surface area contributed by atoms with Gasteiger partial charge in [-0.05, 0) is 54.4 Å². The molecule has 6 rings (SSSR count). The van der Waals surface area contributed by atoms with Crippen molar-refractivity contribution in [1.82, 2.24) is 0 Å². The van der Waals surface area contributed by atoms with Gasteiger partial charge in [0, 0.05) is 52.3 Å². The molecular formula is C42H34O15. The Bertz CT molecular complexity index is 2680. The molecule has 0 saturated heterocycles. The van der Waals surface area contributed by atoms with Gasteiger partial charge in [-0.25, -0.2) is 0 Å². The lowest BCUT2D eigenvalue weighted by molar-refractivity contribution is -0.133. The van der Waals surface area contributed by atoms with Gasteiger partial charge in [0.2, 0.25) is 10.9 Å². The summed E-state index contributed by atoms with van der Waals surface area (Å²) in [4.78, 5) is 82.2. The summed E-state index contributed by atoms with van der Waals surface area (Å²) in [5.74, 6) is -1.40. The average molecular weight is 779 g/mol. The summed E-state index contributed by atoms with van der Waals surface area (Å²) in [6, 6.07) is 16.8. The minimum absolute atomic E-state index is 0.0256. The molecule has 15 nitrogen and oxygen atoms in total. The maximum atomic E-state index is 13.1. The fourth-order valence-corrected chi connectivity index (χ4v) is 5.58. The Morgan fingerprint density at radius 1 is 0.509 bits per heavy atom. The SMILES string of the molecule is CC(=O)Oc1ccc(-c2coc3cc(OC(C)=O)cc(OC(C)=O)c3c2=O)cc1.COc1cc(-c2coc3c(C)c(OC(C)=O)ccc3c2=O)ccc1OC(C)=O. The fraction of sp³-hybridized carbons (Fsp3) is 0.167. The molecule has 0 N–H and O–H groups in total. The van der Waals surface area contributed by atoms with Crippen LogP contribution in [0.5, 0.6) is 34.5 Å². The normalized spacial score (nSPS) is 10.5. The first-order valence-electron chi connectivity index (χ1n) is 16.9. The van der Waals surface area contributed by atoms with E-state index in [0.29, 0.717) is 50.5 Å². The maximum absolute atomic E-state index is 13.1. The summed E-state index contributed by atoms with van der Waals surface area (Å²) >= 11 is 0. The second-order valence-corrected chi connectivity index (χ2v) is 12.2. The van der Waals surface area contributed by atoms with Gasteiger partial charge in [-0.3, -0.25) is 33.6 Å². The Morgan fingerprint density at radius 2 is 1.04 bits per heavy atom. The molecule has 0 aliphatic carbocycles. The van der Waals surface area contributed by atoms with Crippen LogP contribution in [0.25, 0.3) is 44.2 Å². The molecule has 0 spiro atoms.